The number of likely N-dealkylation sites (N-methyl/N-ethyl adjacent to an activating group) is 1. The van der Waals surface area contributed by atoms with Gasteiger partial charge in [0, 0.05) is 13.1 Å². The average Bonchev–Trinajstić information content (AvgIpc) is 2.35. The smallest absolute Gasteiger partial charge is 0.321 e. The van der Waals surface area contributed by atoms with Gasteiger partial charge in [-0.15, -0.1) is 0 Å². The molecule has 1 aromatic rings. The number of nitro groups is 1. The van der Waals surface area contributed by atoms with Crippen LogP contribution < -0.4 is 0 Å². The molecule has 1 rings (SSSR count). The number of hydrogen-bond donors (Lipinski definition) is 1. The summed E-state index contributed by atoms with van der Waals surface area (Å²) in [5.41, 5.74) is -0.950. The minimum absolute atomic E-state index is 0.362. The molecule has 110 valence electrons. The molecule has 0 heterocycles. The molecule has 1 aromatic carbocycles. The zero-order valence-corrected chi connectivity index (χ0v) is 11.3. The number of nitro benzene ring substituents is 1. The number of carboxylic acid groups (broad SMARTS) is 1. The SMILES string of the molecule is CC(C(=O)O)N(C)S(=O)(=O)c1c(F)cccc1[N+](=O)[O-]. The fourth-order valence-corrected chi connectivity index (χ4v) is 2.92. The number of nitrogens with zero attached hydrogens (tertiary/aromatic N) is 2. The maximum Gasteiger partial charge on any atom is 0.321 e. The van der Waals surface area contributed by atoms with Gasteiger partial charge in [0.2, 0.25) is 0 Å². The van der Waals surface area contributed by atoms with Crippen LogP contribution in [0.4, 0.5) is 10.1 Å². The second-order valence-corrected chi connectivity index (χ2v) is 5.82. The van der Waals surface area contributed by atoms with Gasteiger partial charge in [-0.25, -0.2) is 12.8 Å². The summed E-state index contributed by atoms with van der Waals surface area (Å²) in [7, 11) is -3.75. The van der Waals surface area contributed by atoms with Gasteiger partial charge in [-0.2, -0.15) is 4.31 Å². The van der Waals surface area contributed by atoms with Crippen LogP contribution in [0.1, 0.15) is 6.92 Å². The molecule has 8 nitrogen and oxygen atoms in total. The lowest BCUT2D eigenvalue weighted by Gasteiger charge is -2.21. The van der Waals surface area contributed by atoms with Gasteiger partial charge >= 0.3 is 5.97 Å². The molecule has 20 heavy (non-hydrogen) atoms. The van der Waals surface area contributed by atoms with Crippen LogP contribution in [0.3, 0.4) is 0 Å². The first kappa shape index (κ1) is 16.0. The Bertz CT molecular complexity index is 660. The van der Waals surface area contributed by atoms with Crippen LogP contribution in [0.5, 0.6) is 0 Å². The number of halogens is 1. The minimum atomic E-state index is -4.65. The maximum absolute atomic E-state index is 13.7. The summed E-state index contributed by atoms with van der Waals surface area (Å²) in [5, 5.41) is 19.6. The summed E-state index contributed by atoms with van der Waals surface area (Å²) in [6.45, 7) is 1.06. The van der Waals surface area contributed by atoms with Crippen molar-refractivity contribution in [2.75, 3.05) is 7.05 Å². The molecule has 0 aliphatic carbocycles. The second-order valence-electron chi connectivity index (χ2n) is 3.88. The van der Waals surface area contributed by atoms with E-state index in [1.54, 1.807) is 0 Å². The van der Waals surface area contributed by atoms with Crippen LogP contribution in [-0.2, 0) is 14.8 Å². The molecule has 0 aliphatic rings. The zero-order chi connectivity index (χ0) is 15.7. The zero-order valence-electron chi connectivity index (χ0n) is 10.5. The number of aliphatic carboxylic acids is 1. The highest BCUT2D eigenvalue weighted by molar-refractivity contribution is 7.89. The number of rotatable bonds is 5. The third-order valence-electron chi connectivity index (χ3n) is 2.68. The van der Waals surface area contributed by atoms with Gasteiger partial charge in [0.25, 0.3) is 15.7 Å². The minimum Gasteiger partial charge on any atom is -0.480 e. The average molecular weight is 306 g/mol. The van der Waals surface area contributed by atoms with Crippen LogP contribution in [0.15, 0.2) is 23.1 Å². The standard InChI is InChI=1S/C10H11FN2O6S/c1-6(10(14)15)12(2)20(18,19)9-7(11)4-3-5-8(9)13(16)17/h3-6H,1-2H3,(H,14,15). The van der Waals surface area contributed by atoms with E-state index >= 15 is 0 Å². The molecule has 0 bridgehead atoms. The molecule has 0 aliphatic heterocycles. The van der Waals surface area contributed by atoms with E-state index in [0.29, 0.717) is 4.31 Å². The quantitative estimate of drug-likeness (QED) is 0.635. The predicted molar refractivity (Wildman–Crippen MR) is 65.1 cm³/mol. The molecule has 0 fully saturated rings. The van der Waals surface area contributed by atoms with Crippen LogP contribution >= 0.6 is 0 Å². The van der Waals surface area contributed by atoms with Gasteiger partial charge in [0.15, 0.2) is 4.90 Å². The Hall–Kier alpha value is -2.07. The van der Waals surface area contributed by atoms with Gasteiger partial charge < -0.3 is 5.11 Å². The Balaban J connectivity index is 3.51. The Morgan fingerprint density at radius 3 is 2.50 bits per heavy atom. The third-order valence-corrected chi connectivity index (χ3v) is 4.68. The van der Waals surface area contributed by atoms with E-state index in [1.807, 2.05) is 0 Å². The number of benzene rings is 1. The molecule has 0 saturated heterocycles. The fraction of sp³-hybridized carbons (Fsp3) is 0.300. The molecule has 0 radical (unpaired) electrons. The highest BCUT2D eigenvalue weighted by Crippen LogP contribution is 2.29. The van der Waals surface area contributed by atoms with E-state index in [9.17, 15) is 27.7 Å². The largest absolute Gasteiger partial charge is 0.480 e. The van der Waals surface area contributed by atoms with E-state index in [2.05, 4.69) is 0 Å². The van der Waals surface area contributed by atoms with Crippen molar-refractivity contribution in [3.63, 3.8) is 0 Å². The van der Waals surface area contributed by atoms with Crippen molar-refractivity contribution < 1.29 is 27.6 Å². The molecule has 0 amide bonds. The number of carboxylic acids is 1. The Labute approximate surface area is 113 Å². The van der Waals surface area contributed by atoms with Crippen molar-refractivity contribution >= 4 is 21.7 Å². The monoisotopic (exact) mass is 306 g/mol. The van der Waals surface area contributed by atoms with Crippen LogP contribution in [0.25, 0.3) is 0 Å². The topological polar surface area (TPSA) is 118 Å². The summed E-state index contributed by atoms with van der Waals surface area (Å²) in [6.07, 6.45) is 0. The van der Waals surface area contributed by atoms with Gasteiger partial charge in [0.05, 0.1) is 4.92 Å². The van der Waals surface area contributed by atoms with Crippen molar-refractivity contribution in [1.82, 2.24) is 4.31 Å². The molecular formula is C10H11FN2O6S. The highest BCUT2D eigenvalue weighted by atomic mass is 32.2. The molecule has 1 atom stereocenters. The molecular weight excluding hydrogens is 295 g/mol. The molecule has 10 heteroatoms. The molecule has 1 N–H and O–H groups in total. The first-order valence-corrected chi connectivity index (χ1v) is 6.68. The lowest BCUT2D eigenvalue weighted by atomic mass is 10.3. The van der Waals surface area contributed by atoms with E-state index in [-0.39, 0.29) is 0 Å². The lowest BCUT2D eigenvalue weighted by molar-refractivity contribution is -0.388. The second kappa shape index (κ2) is 5.51. The van der Waals surface area contributed by atoms with E-state index in [0.717, 1.165) is 32.2 Å². The van der Waals surface area contributed by atoms with Gasteiger partial charge in [0.1, 0.15) is 11.9 Å². The van der Waals surface area contributed by atoms with Crippen molar-refractivity contribution in [2.45, 2.75) is 17.9 Å². The Kier molecular flexibility index (Phi) is 4.40. The van der Waals surface area contributed by atoms with Crippen LogP contribution in [0, 0.1) is 15.9 Å². The van der Waals surface area contributed by atoms with E-state index in [1.165, 1.54) is 0 Å². The van der Waals surface area contributed by atoms with Crippen molar-refractivity contribution in [3.05, 3.63) is 34.1 Å². The predicted octanol–water partition coefficient (Wildman–Crippen LogP) is 0.828. The van der Waals surface area contributed by atoms with Crippen molar-refractivity contribution in [3.8, 4) is 0 Å². The third kappa shape index (κ3) is 2.75. The van der Waals surface area contributed by atoms with E-state index < -0.39 is 43.4 Å². The normalized spacial score (nSPS) is 13.2. The Morgan fingerprint density at radius 2 is 2.05 bits per heavy atom. The molecule has 0 spiro atoms. The highest BCUT2D eigenvalue weighted by Gasteiger charge is 2.37. The van der Waals surface area contributed by atoms with Gasteiger partial charge in [-0.05, 0) is 13.0 Å². The van der Waals surface area contributed by atoms with Gasteiger partial charge in [-0.1, -0.05) is 6.07 Å². The van der Waals surface area contributed by atoms with E-state index in [4.69, 9.17) is 5.11 Å². The molecule has 1 unspecified atom stereocenters. The van der Waals surface area contributed by atoms with Gasteiger partial charge in [-0.3, -0.25) is 14.9 Å². The van der Waals surface area contributed by atoms with Crippen molar-refractivity contribution in [2.24, 2.45) is 0 Å². The van der Waals surface area contributed by atoms with Crippen LogP contribution in [-0.4, -0.2) is 41.8 Å². The number of hydrogen-bond acceptors (Lipinski definition) is 5. The first-order valence-electron chi connectivity index (χ1n) is 5.24. The summed E-state index contributed by atoms with van der Waals surface area (Å²) in [5.74, 6) is -2.78. The fourth-order valence-electron chi connectivity index (χ4n) is 1.40. The summed E-state index contributed by atoms with van der Waals surface area (Å²) in [4.78, 5) is 19.4. The number of sulfonamides is 1. The number of carbonyl (C=O) groups is 1. The first-order chi connectivity index (χ1) is 9.10. The summed E-state index contributed by atoms with van der Waals surface area (Å²) >= 11 is 0. The molecule has 0 aromatic heterocycles. The lowest BCUT2D eigenvalue weighted by Crippen LogP contribution is -2.40. The summed E-state index contributed by atoms with van der Waals surface area (Å²) in [6, 6.07) is 1.07. The maximum atomic E-state index is 13.7. The van der Waals surface area contributed by atoms with Crippen molar-refractivity contribution in [1.29, 1.82) is 0 Å². The molecule has 0 saturated carbocycles. The Morgan fingerprint density at radius 1 is 1.50 bits per heavy atom. The summed E-state index contributed by atoms with van der Waals surface area (Å²) < 4.78 is 38.3. The van der Waals surface area contributed by atoms with Crippen LogP contribution in [0.2, 0.25) is 0 Å².